The molecular formula is C13H18ClNO2. The Bertz CT molecular complexity index is 418. The van der Waals surface area contributed by atoms with Gasteiger partial charge in [-0.2, -0.15) is 0 Å². The average Bonchev–Trinajstić information content (AvgIpc) is 2.29. The summed E-state index contributed by atoms with van der Waals surface area (Å²) in [7, 11) is 3.36. The molecule has 1 aromatic rings. The van der Waals surface area contributed by atoms with Gasteiger partial charge in [-0.25, -0.2) is 0 Å². The van der Waals surface area contributed by atoms with Gasteiger partial charge in [0.25, 0.3) is 0 Å². The number of halogens is 1. The second kappa shape index (κ2) is 5.92. The van der Waals surface area contributed by atoms with Crippen molar-refractivity contribution in [2.24, 2.45) is 0 Å². The van der Waals surface area contributed by atoms with Gasteiger partial charge in [0.15, 0.2) is 0 Å². The zero-order chi connectivity index (χ0) is 13.0. The molecule has 0 heterocycles. The molecule has 1 rings (SSSR count). The van der Waals surface area contributed by atoms with Crippen molar-refractivity contribution in [3.63, 3.8) is 0 Å². The van der Waals surface area contributed by atoms with Crippen LogP contribution in [0.2, 0.25) is 0 Å². The van der Waals surface area contributed by atoms with E-state index >= 15 is 0 Å². The number of hydrogen-bond donors (Lipinski definition) is 0. The SMILES string of the molecule is COc1cc(C)c(CCN(C)C(=O)Cl)cc1C. The Morgan fingerprint density at radius 2 is 2.00 bits per heavy atom. The molecule has 0 bridgehead atoms. The van der Waals surface area contributed by atoms with Gasteiger partial charge in [-0.3, -0.25) is 4.79 Å². The lowest BCUT2D eigenvalue weighted by molar-refractivity contribution is 0.232. The van der Waals surface area contributed by atoms with Crippen LogP contribution in [0.25, 0.3) is 0 Å². The Balaban J connectivity index is 2.78. The van der Waals surface area contributed by atoms with E-state index in [1.54, 1.807) is 14.2 Å². The lowest BCUT2D eigenvalue weighted by Crippen LogP contribution is -2.23. The van der Waals surface area contributed by atoms with Crippen LogP contribution in [0.5, 0.6) is 5.75 Å². The van der Waals surface area contributed by atoms with Gasteiger partial charge in [0.1, 0.15) is 5.75 Å². The standard InChI is InChI=1S/C13H18ClNO2/c1-9-8-12(17-4)10(2)7-11(9)5-6-15(3)13(14)16/h7-8H,5-6H2,1-4H3. The van der Waals surface area contributed by atoms with Gasteiger partial charge in [-0.05, 0) is 54.6 Å². The summed E-state index contributed by atoms with van der Waals surface area (Å²) in [5, 5.41) is -0.423. The molecule has 0 spiro atoms. The highest BCUT2D eigenvalue weighted by Crippen LogP contribution is 2.22. The molecule has 0 radical (unpaired) electrons. The molecule has 0 aromatic heterocycles. The number of likely N-dealkylation sites (N-methyl/N-ethyl adjacent to an activating group) is 1. The third-order valence-corrected chi connectivity index (χ3v) is 3.16. The second-order valence-corrected chi connectivity index (χ2v) is 4.50. The molecule has 0 unspecified atom stereocenters. The maximum absolute atomic E-state index is 10.9. The summed E-state index contributed by atoms with van der Waals surface area (Å²) in [6.07, 6.45) is 0.797. The van der Waals surface area contributed by atoms with Crippen LogP contribution in [0, 0.1) is 13.8 Å². The third kappa shape index (κ3) is 3.63. The Hall–Kier alpha value is -1.22. The molecule has 94 valence electrons. The minimum absolute atomic E-state index is 0.423. The van der Waals surface area contributed by atoms with Crippen molar-refractivity contribution in [3.8, 4) is 5.75 Å². The highest BCUT2D eigenvalue weighted by molar-refractivity contribution is 6.62. The van der Waals surface area contributed by atoms with E-state index in [1.807, 2.05) is 19.9 Å². The Morgan fingerprint density at radius 1 is 1.35 bits per heavy atom. The van der Waals surface area contributed by atoms with E-state index in [1.165, 1.54) is 16.0 Å². The van der Waals surface area contributed by atoms with E-state index in [2.05, 4.69) is 6.07 Å². The van der Waals surface area contributed by atoms with Crippen molar-refractivity contribution in [3.05, 3.63) is 28.8 Å². The molecule has 17 heavy (non-hydrogen) atoms. The number of aryl methyl sites for hydroxylation is 2. The summed E-state index contributed by atoms with van der Waals surface area (Å²) < 4.78 is 5.26. The molecular weight excluding hydrogens is 238 g/mol. The molecule has 0 saturated heterocycles. The van der Waals surface area contributed by atoms with Crippen LogP contribution in [0.15, 0.2) is 12.1 Å². The van der Waals surface area contributed by atoms with E-state index in [0.29, 0.717) is 6.54 Å². The fourth-order valence-corrected chi connectivity index (χ4v) is 1.80. The summed E-state index contributed by atoms with van der Waals surface area (Å²) in [6.45, 7) is 4.67. The third-order valence-electron chi connectivity index (χ3n) is 2.87. The van der Waals surface area contributed by atoms with Gasteiger partial charge in [-0.15, -0.1) is 0 Å². The van der Waals surface area contributed by atoms with Gasteiger partial charge < -0.3 is 9.64 Å². The lowest BCUT2D eigenvalue weighted by Gasteiger charge is -2.15. The van der Waals surface area contributed by atoms with Crippen LogP contribution >= 0.6 is 11.6 Å². The lowest BCUT2D eigenvalue weighted by atomic mass is 10.0. The number of hydrogen-bond acceptors (Lipinski definition) is 2. The average molecular weight is 256 g/mol. The zero-order valence-corrected chi connectivity index (χ0v) is 11.5. The summed E-state index contributed by atoms with van der Waals surface area (Å²) >= 11 is 5.38. The molecule has 1 amide bonds. The second-order valence-electron chi connectivity index (χ2n) is 4.17. The number of carbonyl (C=O) groups excluding carboxylic acids is 1. The fourth-order valence-electron chi connectivity index (χ4n) is 1.71. The predicted molar refractivity (Wildman–Crippen MR) is 70.1 cm³/mol. The van der Waals surface area contributed by atoms with Crippen molar-refractivity contribution in [2.45, 2.75) is 20.3 Å². The van der Waals surface area contributed by atoms with E-state index in [-0.39, 0.29) is 0 Å². The summed E-state index contributed by atoms with van der Waals surface area (Å²) in [5.41, 5.74) is 3.49. The minimum atomic E-state index is -0.423. The molecule has 3 nitrogen and oxygen atoms in total. The number of methoxy groups -OCH3 is 1. The fraction of sp³-hybridized carbons (Fsp3) is 0.462. The highest BCUT2D eigenvalue weighted by Gasteiger charge is 2.08. The smallest absolute Gasteiger partial charge is 0.316 e. The number of amides is 1. The van der Waals surface area contributed by atoms with Gasteiger partial charge in [0.2, 0.25) is 0 Å². The molecule has 4 heteroatoms. The van der Waals surface area contributed by atoms with E-state index in [9.17, 15) is 4.79 Å². The molecule has 1 aromatic carbocycles. The molecule has 0 aliphatic rings. The first-order valence-electron chi connectivity index (χ1n) is 5.50. The Morgan fingerprint density at radius 3 is 2.53 bits per heavy atom. The summed E-state index contributed by atoms with van der Waals surface area (Å²) in [5.74, 6) is 0.896. The minimum Gasteiger partial charge on any atom is -0.496 e. The van der Waals surface area contributed by atoms with Crippen LogP contribution in [-0.2, 0) is 6.42 Å². The van der Waals surface area contributed by atoms with Gasteiger partial charge in [0, 0.05) is 13.6 Å². The van der Waals surface area contributed by atoms with Crippen LogP contribution in [-0.4, -0.2) is 31.0 Å². The van der Waals surface area contributed by atoms with E-state index in [4.69, 9.17) is 16.3 Å². The molecule has 0 aliphatic carbocycles. The number of ether oxygens (including phenoxy) is 1. The first-order valence-corrected chi connectivity index (χ1v) is 5.88. The van der Waals surface area contributed by atoms with Gasteiger partial charge in [-0.1, -0.05) is 6.07 Å². The van der Waals surface area contributed by atoms with Crippen LogP contribution < -0.4 is 4.74 Å². The largest absolute Gasteiger partial charge is 0.496 e. The predicted octanol–water partition coefficient (Wildman–Crippen LogP) is 3.15. The molecule has 0 fully saturated rings. The van der Waals surface area contributed by atoms with Crippen molar-refractivity contribution < 1.29 is 9.53 Å². The Kier molecular flexibility index (Phi) is 4.82. The van der Waals surface area contributed by atoms with E-state index in [0.717, 1.165) is 17.7 Å². The summed E-state index contributed by atoms with van der Waals surface area (Å²) in [4.78, 5) is 12.4. The molecule has 0 N–H and O–H groups in total. The van der Waals surface area contributed by atoms with Crippen LogP contribution in [0.3, 0.4) is 0 Å². The number of benzene rings is 1. The Labute approximate surface area is 107 Å². The van der Waals surface area contributed by atoms with Gasteiger partial charge >= 0.3 is 5.37 Å². The molecule has 0 atom stereocenters. The molecule has 0 saturated carbocycles. The monoisotopic (exact) mass is 255 g/mol. The van der Waals surface area contributed by atoms with Crippen LogP contribution in [0.4, 0.5) is 4.79 Å². The first-order chi connectivity index (χ1) is 7.95. The van der Waals surface area contributed by atoms with Gasteiger partial charge in [0.05, 0.1) is 7.11 Å². The van der Waals surface area contributed by atoms with Crippen molar-refractivity contribution in [1.29, 1.82) is 0 Å². The topological polar surface area (TPSA) is 29.5 Å². The number of rotatable bonds is 4. The quantitative estimate of drug-likeness (QED) is 0.611. The zero-order valence-electron chi connectivity index (χ0n) is 10.7. The number of nitrogens with zero attached hydrogens (tertiary/aromatic N) is 1. The van der Waals surface area contributed by atoms with Crippen molar-refractivity contribution in [2.75, 3.05) is 20.7 Å². The number of carbonyl (C=O) groups is 1. The van der Waals surface area contributed by atoms with E-state index < -0.39 is 5.37 Å². The van der Waals surface area contributed by atoms with Crippen molar-refractivity contribution in [1.82, 2.24) is 4.90 Å². The maximum atomic E-state index is 10.9. The van der Waals surface area contributed by atoms with Crippen LogP contribution in [0.1, 0.15) is 16.7 Å². The normalized spacial score (nSPS) is 10.2. The maximum Gasteiger partial charge on any atom is 0.316 e. The summed E-state index contributed by atoms with van der Waals surface area (Å²) in [6, 6.07) is 4.12. The molecule has 0 aliphatic heterocycles. The van der Waals surface area contributed by atoms with Crippen molar-refractivity contribution >= 4 is 17.0 Å². The highest BCUT2D eigenvalue weighted by atomic mass is 35.5. The first kappa shape index (κ1) is 13.8.